The highest BCUT2D eigenvalue weighted by atomic mass is 16.4. The van der Waals surface area contributed by atoms with Crippen molar-refractivity contribution in [1.29, 1.82) is 0 Å². The second-order valence-electron chi connectivity index (χ2n) is 5.47. The van der Waals surface area contributed by atoms with E-state index < -0.39 is 11.9 Å². The molecular formula is C12H20N2O3. The number of nitrogens with zero attached hydrogens (tertiary/aromatic N) is 1. The lowest BCUT2D eigenvalue weighted by Crippen LogP contribution is -2.57. The topological polar surface area (TPSA) is 69.6 Å². The Labute approximate surface area is 101 Å². The maximum Gasteiger partial charge on any atom is 0.317 e. The third-order valence-corrected chi connectivity index (χ3v) is 3.92. The second kappa shape index (κ2) is 4.55. The molecule has 0 aromatic heterocycles. The van der Waals surface area contributed by atoms with Gasteiger partial charge in [0.1, 0.15) is 0 Å². The Kier molecular flexibility index (Phi) is 3.26. The van der Waals surface area contributed by atoms with Crippen LogP contribution in [0.2, 0.25) is 0 Å². The largest absolute Gasteiger partial charge is 0.481 e. The van der Waals surface area contributed by atoms with Crippen LogP contribution in [0.15, 0.2) is 0 Å². The molecule has 1 unspecified atom stereocenters. The fourth-order valence-corrected chi connectivity index (χ4v) is 2.53. The van der Waals surface area contributed by atoms with E-state index >= 15 is 0 Å². The van der Waals surface area contributed by atoms with E-state index in [0.29, 0.717) is 19.5 Å². The second-order valence-corrected chi connectivity index (χ2v) is 5.47. The van der Waals surface area contributed by atoms with Gasteiger partial charge in [0.25, 0.3) is 0 Å². The lowest BCUT2D eigenvalue weighted by Gasteiger charge is -2.41. The molecule has 1 heterocycles. The summed E-state index contributed by atoms with van der Waals surface area (Å²) in [6.45, 7) is 3.07. The normalized spacial score (nSPS) is 27.1. The molecule has 0 aromatic rings. The van der Waals surface area contributed by atoms with Gasteiger partial charge in [0.15, 0.2) is 0 Å². The van der Waals surface area contributed by atoms with Crippen LogP contribution >= 0.6 is 0 Å². The van der Waals surface area contributed by atoms with Crippen LogP contribution in [-0.4, -0.2) is 40.6 Å². The molecule has 17 heavy (non-hydrogen) atoms. The van der Waals surface area contributed by atoms with Crippen LogP contribution in [0.5, 0.6) is 0 Å². The first-order chi connectivity index (χ1) is 8.00. The van der Waals surface area contributed by atoms with Gasteiger partial charge in [-0.3, -0.25) is 4.79 Å². The maximum atomic E-state index is 12.0. The smallest absolute Gasteiger partial charge is 0.317 e. The molecule has 1 saturated heterocycles. The Morgan fingerprint density at radius 1 is 1.35 bits per heavy atom. The fraction of sp³-hybridized carbons (Fsp3) is 0.833. The van der Waals surface area contributed by atoms with Gasteiger partial charge in [0, 0.05) is 18.6 Å². The van der Waals surface area contributed by atoms with Gasteiger partial charge in [0.05, 0.1) is 5.92 Å². The van der Waals surface area contributed by atoms with Crippen molar-refractivity contribution in [3.8, 4) is 0 Å². The summed E-state index contributed by atoms with van der Waals surface area (Å²) in [6.07, 6.45) is 4.66. The molecule has 5 nitrogen and oxygen atoms in total. The van der Waals surface area contributed by atoms with E-state index in [1.54, 1.807) is 4.90 Å². The van der Waals surface area contributed by atoms with Crippen molar-refractivity contribution in [2.45, 2.75) is 44.6 Å². The SMILES string of the molecule is CC1(NC(=O)N2CCCC(C(=O)O)C2)CCC1. The van der Waals surface area contributed by atoms with Crippen LogP contribution in [0.4, 0.5) is 4.79 Å². The minimum absolute atomic E-state index is 0.0623. The minimum atomic E-state index is -0.794. The number of rotatable bonds is 2. The van der Waals surface area contributed by atoms with Crippen LogP contribution < -0.4 is 5.32 Å². The predicted molar refractivity (Wildman–Crippen MR) is 62.7 cm³/mol. The van der Waals surface area contributed by atoms with Gasteiger partial charge >= 0.3 is 12.0 Å². The maximum absolute atomic E-state index is 12.0. The van der Waals surface area contributed by atoms with Crippen LogP contribution in [-0.2, 0) is 4.79 Å². The van der Waals surface area contributed by atoms with Gasteiger partial charge in [-0.2, -0.15) is 0 Å². The monoisotopic (exact) mass is 240 g/mol. The van der Waals surface area contributed by atoms with Gasteiger partial charge in [-0.05, 0) is 39.0 Å². The highest BCUT2D eigenvalue weighted by Gasteiger charge is 2.36. The van der Waals surface area contributed by atoms with Crippen molar-refractivity contribution in [1.82, 2.24) is 10.2 Å². The molecule has 96 valence electrons. The third kappa shape index (κ3) is 2.70. The molecule has 1 aliphatic carbocycles. The summed E-state index contributed by atoms with van der Waals surface area (Å²) in [7, 11) is 0. The number of likely N-dealkylation sites (tertiary alicyclic amines) is 1. The molecule has 1 saturated carbocycles. The van der Waals surface area contributed by atoms with E-state index in [4.69, 9.17) is 5.11 Å². The summed E-state index contributed by atoms with van der Waals surface area (Å²) in [5.41, 5.74) is -0.0623. The Bertz CT molecular complexity index is 326. The Morgan fingerprint density at radius 2 is 2.06 bits per heavy atom. The fourth-order valence-electron chi connectivity index (χ4n) is 2.53. The highest BCUT2D eigenvalue weighted by Crippen LogP contribution is 2.31. The van der Waals surface area contributed by atoms with E-state index in [0.717, 1.165) is 25.7 Å². The molecular weight excluding hydrogens is 220 g/mol. The van der Waals surface area contributed by atoms with Crippen molar-refractivity contribution in [2.24, 2.45) is 5.92 Å². The summed E-state index contributed by atoms with van der Waals surface area (Å²) in [6, 6.07) is -0.0989. The number of amides is 2. The van der Waals surface area contributed by atoms with E-state index in [-0.39, 0.29) is 11.6 Å². The molecule has 2 N–H and O–H groups in total. The van der Waals surface area contributed by atoms with E-state index in [2.05, 4.69) is 5.32 Å². The molecule has 2 rings (SSSR count). The first-order valence-corrected chi connectivity index (χ1v) is 6.30. The molecule has 1 aliphatic heterocycles. The van der Waals surface area contributed by atoms with Crippen molar-refractivity contribution >= 4 is 12.0 Å². The molecule has 0 spiro atoms. The van der Waals surface area contributed by atoms with Gasteiger partial charge in [-0.1, -0.05) is 0 Å². The molecule has 1 atom stereocenters. The summed E-state index contributed by atoms with van der Waals surface area (Å²) in [4.78, 5) is 24.6. The molecule has 5 heteroatoms. The van der Waals surface area contributed by atoms with Crippen LogP contribution in [0.3, 0.4) is 0 Å². The highest BCUT2D eigenvalue weighted by molar-refractivity contribution is 5.77. The number of piperidine rings is 1. The summed E-state index contributed by atoms with van der Waals surface area (Å²) in [5, 5.41) is 12.0. The first kappa shape index (κ1) is 12.2. The van der Waals surface area contributed by atoms with Crippen molar-refractivity contribution in [2.75, 3.05) is 13.1 Å². The first-order valence-electron chi connectivity index (χ1n) is 6.30. The number of nitrogens with one attached hydrogen (secondary N) is 1. The van der Waals surface area contributed by atoms with Gasteiger partial charge in [0.2, 0.25) is 0 Å². The summed E-state index contributed by atoms with van der Waals surface area (Å²) < 4.78 is 0. The number of carbonyl (C=O) groups is 2. The number of carbonyl (C=O) groups excluding carboxylic acids is 1. The summed E-state index contributed by atoms with van der Waals surface area (Å²) in [5.74, 6) is -1.19. The average molecular weight is 240 g/mol. The molecule has 2 fully saturated rings. The summed E-state index contributed by atoms with van der Waals surface area (Å²) >= 11 is 0. The zero-order chi connectivity index (χ0) is 12.5. The molecule has 0 aromatic carbocycles. The molecule has 0 bridgehead atoms. The number of urea groups is 1. The van der Waals surface area contributed by atoms with E-state index in [1.165, 1.54) is 0 Å². The van der Waals surface area contributed by atoms with Gasteiger partial charge in [-0.15, -0.1) is 0 Å². The van der Waals surface area contributed by atoms with E-state index in [1.807, 2.05) is 6.92 Å². The third-order valence-electron chi connectivity index (χ3n) is 3.92. The number of hydrogen-bond acceptors (Lipinski definition) is 2. The molecule has 2 amide bonds. The number of carboxylic acids is 1. The minimum Gasteiger partial charge on any atom is -0.481 e. The molecule has 2 aliphatic rings. The number of aliphatic carboxylic acids is 1. The van der Waals surface area contributed by atoms with Gasteiger partial charge in [-0.25, -0.2) is 4.79 Å². The van der Waals surface area contributed by atoms with Gasteiger partial charge < -0.3 is 15.3 Å². The van der Waals surface area contributed by atoms with Crippen LogP contribution in [0, 0.1) is 5.92 Å². The van der Waals surface area contributed by atoms with Crippen molar-refractivity contribution in [3.05, 3.63) is 0 Å². The van der Waals surface area contributed by atoms with Crippen LogP contribution in [0.25, 0.3) is 0 Å². The Morgan fingerprint density at radius 3 is 2.59 bits per heavy atom. The molecule has 0 radical (unpaired) electrons. The predicted octanol–water partition coefficient (Wildman–Crippen LogP) is 1.44. The quantitative estimate of drug-likeness (QED) is 0.767. The number of carboxylic acid groups (broad SMARTS) is 1. The number of hydrogen-bond donors (Lipinski definition) is 2. The van der Waals surface area contributed by atoms with E-state index in [9.17, 15) is 9.59 Å². The average Bonchev–Trinajstić information content (AvgIpc) is 2.27. The van der Waals surface area contributed by atoms with Crippen molar-refractivity contribution < 1.29 is 14.7 Å². The Hall–Kier alpha value is -1.26. The van der Waals surface area contributed by atoms with Crippen LogP contribution in [0.1, 0.15) is 39.0 Å². The van der Waals surface area contributed by atoms with Crippen molar-refractivity contribution in [3.63, 3.8) is 0 Å². The Balaban J connectivity index is 1.88. The standard InChI is InChI=1S/C12H20N2O3/c1-12(5-3-6-12)13-11(17)14-7-2-4-9(8-14)10(15)16/h9H,2-8H2,1H3,(H,13,17)(H,15,16). The zero-order valence-electron chi connectivity index (χ0n) is 10.2. The lowest BCUT2D eigenvalue weighted by molar-refractivity contribution is -0.143. The lowest BCUT2D eigenvalue weighted by atomic mass is 9.79. The zero-order valence-corrected chi connectivity index (χ0v) is 10.2.